The molecule has 0 saturated carbocycles. The SMILES string of the molecule is CCCC1(CC)NCCc2ccsc21. The molecule has 0 fully saturated rings. The van der Waals surface area contributed by atoms with E-state index in [0.29, 0.717) is 5.54 Å². The third-order valence-corrected chi connectivity index (χ3v) is 4.48. The van der Waals surface area contributed by atoms with Crippen LogP contribution in [0.25, 0.3) is 0 Å². The van der Waals surface area contributed by atoms with E-state index in [1.54, 1.807) is 10.4 Å². The number of hydrogen-bond donors (Lipinski definition) is 1. The van der Waals surface area contributed by atoms with Gasteiger partial charge >= 0.3 is 0 Å². The van der Waals surface area contributed by atoms with Crippen molar-refractivity contribution in [1.82, 2.24) is 5.32 Å². The first-order valence-corrected chi connectivity index (χ1v) is 6.52. The Balaban J connectivity index is 2.36. The van der Waals surface area contributed by atoms with Gasteiger partial charge < -0.3 is 5.32 Å². The fraction of sp³-hybridized carbons (Fsp3) is 0.667. The molecule has 0 spiro atoms. The third-order valence-electron chi connectivity index (χ3n) is 3.32. The molecule has 2 heteroatoms. The van der Waals surface area contributed by atoms with E-state index in [-0.39, 0.29) is 0 Å². The molecule has 2 heterocycles. The molecule has 1 nitrogen and oxygen atoms in total. The molecule has 0 amide bonds. The smallest absolute Gasteiger partial charge is 0.0528 e. The predicted octanol–water partition coefficient (Wildman–Crippen LogP) is 3.30. The lowest BCUT2D eigenvalue weighted by Crippen LogP contribution is -2.45. The summed E-state index contributed by atoms with van der Waals surface area (Å²) in [4.78, 5) is 1.60. The van der Waals surface area contributed by atoms with Crippen LogP contribution in [0.5, 0.6) is 0 Å². The van der Waals surface area contributed by atoms with Gasteiger partial charge in [0.2, 0.25) is 0 Å². The maximum atomic E-state index is 3.74. The minimum absolute atomic E-state index is 0.302. The van der Waals surface area contributed by atoms with E-state index in [1.165, 1.54) is 25.7 Å². The standard InChI is InChI=1S/C12H19NS/c1-3-7-12(4-2)11-10(5-8-13-12)6-9-14-11/h6,9,13H,3-5,7-8H2,1-2H3. The predicted molar refractivity (Wildman–Crippen MR) is 62.9 cm³/mol. The zero-order valence-corrected chi connectivity index (χ0v) is 9.91. The van der Waals surface area contributed by atoms with Crippen LogP contribution in [0.1, 0.15) is 43.6 Å². The summed E-state index contributed by atoms with van der Waals surface area (Å²) in [6.45, 7) is 5.73. The molecule has 1 aromatic rings. The maximum absolute atomic E-state index is 3.74. The van der Waals surface area contributed by atoms with E-state index in [2.05, 4.69) is 30.6 Å². The van der Waals surface area contributed by atoms with Crippen LogP contribution in [0, 0.1) is 0 Å². The summed E-state index contributed by atoms with van der Waals surface area (Å²) in [5.74, 6) is 0. The minimum Gasteiger partial charge on any atom is -0.306 e. The van der Waals surface area contributed by atoms with Gasteiger partial charge in [0.05, 0.1) is 5.54 Å². The van der Waals surface area contributed by atoms with Crippen LogP contribution in [0.15, 0.2) is 11.4 Å². The Labute approximate surface area is 90.5 Å². The summed E-state index contributed by atoms with van der Waals surface area (Å²) in [5, 5.41) is 5.98. The first-order valence-electron chi connectivity index (χ1n) is 5.64. The molecule has 78 valence electrons. The Hall–Kier alpha value is -0.340. The lowest BCUT2D eigenvalue weighted by atomic mass is 9.83. The van der Waals surface area contributed by atoms with E-state index < -0.39 is 0 Å². The van der Waals surface area contributed by atoms with Crippen molar-refractivity contribution in [2.75, 3.05) is 6.54 Å². The fourth-order valence-corrected chi connectivity index (χ4v) is 3.79. The lowest BCUT2D eigenvalue weighted by Gasteiger charge is -2.37. The highest BCUT2D eigenvalue weighted by atomic mass is 32.1. The molecule has 1 aromatic heterocycles. The van der Waals surface area contributed by atoms with Crippen molar-refractivity contribution in [3.8, 4) is 0 Å². The van der Waals surface area contributed by atoms with Gasteiger partial charge in [0.15, 0.2) is 0 Å². The van der Waals surface area contributed by atoms with Gasteiger partial charge in [-0.2, -0.15) is 0 Å². The summed E-state index contributed by atoms with van der Waals surface area (Å²) in [6, 6.07) is 2.31. The summed E-state index contributed by atoms with van der Waals surface area (Å²) in [5.41, 5.74) is 1.89. The van der Waals surface area contributed by atoms with Crippen molar-refractivity contribution < 1.29 is 0 Å². The van der Waals surface area contributed by atoms with Gasteiger partial charge in [-0.15, -0.1) is 11.3 Å². The van der Waals surface area contributed by atoms with Gasteiger partial charge in [0.1, 0.15) is 0 Å². The molecule has 0 aromatic carbocycles. The largest absolute Gasteiger partial charge is 0.306 e. The first kappa shape index (κ1) is 10.2. The lowest BCUT2D eigenvalue weighted by molar-refractivity contribution is 0.286. The average molecular weight is 209 g/mol. The Morgan fingerprint density at radius 3 is 3.07 bits per heavy atom. The molecule has 1 unspecified atom stereocenters. The molecule has 0 bridgehead atoms. The van der Waals surface area contributed by atoms with Crippen molar-refractivity contribution in [3.63, 3.8) is 0 Å². The molecule has 14 heavy (non-hydrogen) atoms. The number of nitrogens with one attached hydrogen (secondary N) is 1. The maximum Gasteiger partial charge on any atom is 0.0528 e. The van der Waals surface area contributed by atoms with Crippen LogP contribution >= 0.6 is 11.3 Å². The second kappa shape index (κ2) is 4.03. The first-order chi connectivity index (χ1) is 6.82. The van der Waals surface area contributed by atoms with Gasteiger partial charge in [0.25, 0.3) is 0 Å². The van der Waals surface area contributed by atoms with Crippen molar-refractivity contribution >= 4 is 11.3 Å². The van der Waals surface area contributed by atoms with E-state index in [1.807, 2.05) is 11.3 Å². The van der Waals surface area contributed by atoms with Crippen LogP contribution in [0.3, 0.4) is 0 Å². The number of fused-ring (bicyclic) bond motifs is 1. The Kier molecular flexibility index (Phi) is 2.93. The van der Waals surface area contributed by atoms with Crippen LogP contribution in [0.4, 0.5) is 0 Å². The quantitative estimate of drug-likeness (QED) is 0.805. The third kappa shape index (κ3) is 1.51. The van der Waals surface area contributed by atoms with Crippen LogP contribution in [0.2, 0.25) is 0 Å². The monoisotopic (exact) mass is 209 g/mol. The highest BCUT2D eigenvalue weighted by Gasteiger charge is 2.34. The Bertz CT molecular complexity index is 305. The van der Waals surface area contributed by atoms with Gasteiger partial charge in [0, 0.05) is 11.4 Å². The van der Waals surface area contributed by atoms with Crippen LogP contribution < -0.4 is 5.32 Å². The van der Waals surface area contributed by atoms with Gasteiger partial charge in [-0.05, 0) is 36.3 Å². The molecule has 0 aliphatic carbocycles. The van der Waals surface area contributed by atoms with E-state index in [0.717, 1.165) is 6.54 Å². The van der Waals surface area contributed by atoms with Crippen molar-refractivity contribution in [3.05, 3.63) is 21.9 Å². The second-order valence-electron chi connectivity index (χ2n) is 4.14. The number of thiophene rings is 1. The molecule has 1 N–H and O–H groups in total. The zero-order valence-electron chi connectivity index (χ0n) is 9.10. The average Bonchev–Trinajstić information content (AvgIpc) is 2.67. The van der Waals surface area contributed by atoms with E-state index >= 15 is 0 Å². The van der Waals surface area contributed by atoms with Crippen LogP contribution in [-0.2, 0) is 12.0 Å². The molecular formula is C12H19NS. The topological polar surface area (TPSA) is 12.0 Å². The number of hydrogen-bond acceptors (Lipinski definition) is 2. The van der Waals surface area contributed by atoms with Crippen molar-refractivity contribution in [2.45, 2.75) is 45.1 Å². The van der Waals surface area contributed by atoms with Crippen LogP contribution in [-0.4, -0.2) is 6.54 Å². The van der Waals surface area contributed by atoms with Crippen molar-refractivity contribution in [2.24, 2.45) is 0 Å². The second-order valence-corrected chi connectivity index (χ2v) is 5.05. The Morgan fingerprint density at radius 2 is 2.36 bits per heavy atom. The summed E-state index contributed by atoms with van der Waals surface area (Å²) in [7, 11) is 0. The van der Waals surface area contributed by atoms with Gasteiger partial charge in [-0.25, -0.2) is 0 Å². The van der Waals surface area contributed by atoms with E-state index in [4.69, 9.17) is 0 Å². The molecule has 0 saturated heterocycles. The minimum atomic E-state index is 0.302. The fourth-order valence-electron chi connectivity index (χ4n) is 2.56. The highest BCUT2D eigenvalue weighted by molar-refractivity contribution is 7.10. The molecule has 2 rings (SSSR count). The summed E-state index contributed by atoms with van der Waals surface area (Å²) >= 11 is 1.93. The zero-order chi connectivity index (χ0) is 10.0. The molecule has 1 atom stereocenters. The molecule has 1 aliphatic rings. The highest BCUT2D eigenvalue weighted by Crippen LogP contribution is 2.38. The summed E-state index contributed by atoms with van der Waals surface area (Å²) in [6.07, 6.45) is 4.97. The Morgan fingerprint density at radius 1 is 1.50 bits per heavy atom. The van der Waals surface area contributed by atoms with Crippen molar-refractivity contribution in [1.29, 1.82) is 0 Å². The molecule has 0 radical (unpaired) electrons. The normalized spacial score (nSPS) is 26.1. The summed E-state index contributed by atoms with van der Waals surface area (Å²) < 4.78 is 0. The number of rotatable bonds is 3. The molecule has 1 aliphatic heterocycles. The van der Waals surface area contributed by atoms with E-state index in [9.17, 15) is 0 Å². The van der Waals surface area contributed by atoms with Gasteiger partial charge in [-0.3, -0.25) is 0 Å². The van der Waals surface area contributed by atoms with Gasteiger partial charge in [-0.1, -0.05) is 20.3 Å². The molecular weight excluding hydrogens is 190 g/mol.